The summed E-state index contributed by atoms with van der Waals surface area (Å²) in [5.74, 6) is 0. The zero-order valence-corrected chi connectivity index (χ0v) is 14.8. The van der Waals surface area contributed by atoms with Crippen molar-refractivity contribution in [1.82, 2.24) is 5.32 Å². The summed E-state index contributed by atoms with van der Waals surface area (Å²) in [5.41, 5.74) is 0.919. The van der Waals surface area contributed by atoms with Gasteiger partial charge in [0.25, 0.3) is 0 Å². The normalized spacial score (nSPS) is 14.6. The molecule has 1 N–H and O–H groups in total. The Morgan fingerprint density at radius 3 is 2.28 bits per heavy atom. The maximum Gasteiger partial charge on any atom is 0.154 e. The lowest BCUT2D eigenvalue weighted by molar-refractivity contribution is 0.445. The van der Waals surface area contributed by atoms with Crippen LogP contribution in [0.25, 0.3) is 0 Å². The number of hydrogen-bond acceptors (Lipinski definition) is 3. The van der Waals surface area contributed by atoms with E-state index in [2.05, 4.69) is 37.2 Å². The third-order valence-electron chi connectivity index (χ3n) is 3.21. The van der Waals surface area contributed by atoms with Crippen molar-refractivity contribution in [3.05, 3.63) is 32.7 Å². The summed E-state index contributed by atoms with van der Waals surface area (Å²) in [6, 6.07) is 5.45. The van der Waals surface area contributed by atoms with Gasteiger partial charge >= 0.3 is 0 Å². The lowest BCUT2D eigenvalue weighted by Gasteiger charge is -2.33. The largest absolute Gasteiger partial charge is 0.312 e. The highest BCUT2D eigenvalue weighted by molar-refractivity contribution is 9.11. The maximum atomic E-state index is 12.0. The van der Waals surface area contributed by atoms with Crippen LogP contribution in [-0.2, 0) is 9.84 Å². The predicted molar refractivity (Wildman–Crippen MR) is 82.6 cm³/mol. The molecule has 18 heavy (non-hydrogen) atoms. The SMILES string of the molecule is CNC(c1cc(Br)ccc1Br)C(C)(C)S(C)(=O)=O. The first-order valence-corrected chi connectivity index (χ1v) is 8.91. The monoisotopic (exact) mass is 397 g/mol. The quantitative estimate of drug-likeness (QED) is 0.846. The van der Waals surface area contributed by atoms with Gasteiger partial charge in [0.2, 0.25) is 0 Å². The average molecular weight is 399 g/mol. The maximum absolute atomic E-state index is 12.0. The van der Waals surface area contributed by atoms with Crippen molar-refractivity contribution in [3.63, 3.8) is 0 Å². The molecule has 0 aliphatic carbocycles. The molecule has 102 valence electrons. The molecule has 0 aromatic heterocycles. The summed E-state index contributed by atoms with van der Waals surface area (Å²) in [7, 11) is -1.42. The molecule has 0 saturated heterocycles. The van der Waals surface area contributed by atoms with Crippen molar-refractivity contribution in [3.8, 4) is 0 Å². The number of nitrogens with one attached hydrogen (secondary N) is 1. The van der Waals surface area contributed by atoms with Gasteiger partial charge in [0.15, 0.2) is 9.84 Å². The molecule has 0 fully saturated rings. The molecule has 6 heteroatoms. The van der Waals surface area contributed by atoms with Gasteiger partial charge in [0.05, 0.1) is 10.8 Å². The number of benzene rings is 1. The van der Waals surface area contributed by atoms with Crippen molar-refractivity contribution in [2.45, 2.75) is 24.6 Å². The standard InChI is InChI=1S/C12H17Br2NO2S/c1-12(2,18(4,16)17)11(15-3)9-7-8(13)5-6-10(9)14/h5-7,11,15H,1-4H3. The smallest absolute Gasteiger partial charge is 0.154 e. The number of sulfone groups is 1. The Hall–Kier alpha value is 0.0900. The van der Waals surface area contributed by atoms with Crippen LogP contribution in [0.4, 0.5) is 0 Å². The molecular formula is C12H17Br2NO2S. The third kappa shape index (κ3) is 3.15. The van der Waals surface area contributed by atoms with Crippen LogP contribution >= 0.6 is 31.9 Å². The highest BCUT2D eigenvalue weighted by Crippen LogP contribution is 2.36. The molecule has 3 nitrogen and oxygen atoms in total. The molecule has 0 saturated carbocycles. The highest BCUT2D eigenvalue weighted by atomic mass is 79.9. The summed E-state index contributed by atoms with van der Waals surface area (Å²) in [6.45, 7) is 3.47. The van der Waals surface area contributed by atoms with Gasteiger partial charge in [0.1, 0.15) is 0 Å². The Morgan fingerprint density at radius 1 is 1.28 bits per heavy atom. The van der Waals surface area contributed by atoms with E-state index in [4.69, 9.17) is 0 Å². The van der Waals surface area contributed by atoms with Crippen LogP contribution in [0.1, 0.15) is 25.5 Å². The molecule has 1 aromatic rings. The molecule has 1 aromatic carbocycles. The van der Waals surface area contributed by atoms with Gasteiger partial charge in [0, 0.05) is 15.2 Å². The second-order valence-electron chi connectivity index (χ2n) is 4.76. The first-order valence-electron chi connectivity index (χ1n) is 5.43. The minimum atomic E-state index is -3.19. The molecule has 0 radical (unpaired) electrons. The van der Waals surface area contributed by atoms with Gasteiger partial charge in [-0.2, -0.15) is 0 Å². The van der Waals surface area contributed by atoms with Crippen LogP contribution in [-0.4, -0.2) is 26.5 Å². The van der Waals surface area contributed by atoms with E-state index in [1.807, 2.05) is 18.2 Å². The van der Waals surface area contributed by atoms with E-state index in [1.165, 1.54) is 6.26 Å². The van der Waals surface area contributed by atoms with E-state index in [0.717, 1.165) is 14.5 Å². The summed E-state index contributed by atoms with van der Waals surface area (Å²) >= 11 is 6.89. The predicted octanol–water partition coefficient (Wildman–Crippen LogP) is 3.30. The second kappa shape index (κ2) is 5.61. The molecular weight excluding hydrogens is 382 g/mol. The van der Waals surface area contributed by atoms with Crippen molar-refractivity contribution < 1.29 is 8.42 Å². The van der Waals surface area contributed by atoms with Crippen LogP contribution in [0, 0.1) is 0 Å². The molecule has 0 aliphatic rings. The van der Waals surface area contributed by atoms with Gasteiger partial charge < -0.3 is 5.32 Å². The number of halogens is 2. The fourth-order valence-electron chi connectivity index (χ4n) is 1.83. The van der Waals surface area contributed by atoms with Crippen LogP contribution < -0.4 is 5.32 Å². The van der Waals surface area contributed by atoms with E-state index in [1.54, 1.807) is 20.9 Å². The van der Waals surface area contributed by atoms with Crippen molar-refractivity contribution in [2.75, 3.05) is 13.3 Å². The molecule has 1 rings (SSSR count). The van der Waals surface area contributed by atoms with Crippen molar-refractivity contribution in [1.29, 1.82) is 0 Å². The summed E-state index contributed by atoms with van der Waals surface area (Å²) in [5, 5.41) is 3.10. The molecule has 0 spiro atoms. The molecule has 1 atom stereocenters. The minimum Gasteiger partial charge on any atom is -0.312 e. The molecule has 0 amide bonds. The fourth-order valence-corrected chi connectivity index (χ4v) is 3.35. The Labute approximate surface area is 126 Å². The van der Waals surface area contributed by atoms with Gasteiger partial charge in [-0.1, -0.05) is 31.9 Å². The van der Waals surface area contributed by atoms with Crippen LogP contribution in [0.15, 0.2) is 27.1 Å². The van der Waals surface area contributed by atoms with Crippen LogP contribution in [0.2, 0.25) is 0 Å². The summed E-state index contributed by atoms with van der Waals surface area (Å²) < 4.78 is 24.8. The first kappa shape index (κ1) is 16.1. The van der Waals surface area contributed by atoms with Crippen molar-refractivity contribution >= 4 is 41.7 Å². The van der Waals surface area contributed by atoms with E-state index in [-0.39, 0.29) is 6.04 Å². The van der Waals surface area contributed by atoms with Gasteiger partial charge in [-0.3, -0.25) is 0 Å². The van der Waals surface area contributed by atoms with Crippen LogP contribution in [0.3, 0.4) is 0 Å². The second-order valence-corrected chi connectivity index (χ2v) is 9.13. The summed E-state index contributed by atoms with van der Waals surface area (Å²) in [6.07, 6.45) is 1.27. The molecule has 0 bridgehead atoms. The summed E-state index contributed by atoms with van der Waals surface area (Å²) in [4.78, 5) is 0. The van der Waals surface area contributed by atoms with Gasteiger partial charge in [-0.25, -0.2) is 8.42 Å². The zero-order valence-electron chi connectivity index (χ0n) is 10.8. The number of rotatable bonds is 4. The van der Waals surface area contributed by atoms with E-state index in [9.17, 15) is 8.42 Å². The topological polar surface area (TPSA) is 46.2 Å². The lowest BCUT2D eigenvalue weighted by atomic mass is 9.95. The van der Waals surface area contributed by atoms with E-state index >= 15 is 0 Å². The third-order valence-corrected chi connectivity index (χ3v) is 6.57. The first-order chi connectivity index (χ1) is 8.11. The van der Waals surface area contributed by atoms with E-state index < -0.39 is 14.6 Å². The van der Waals surface area contributed by atoms with E-state index in [0.29, 0.717) is 0 Å². The Kier molecular flexibility index (Phi) is 5.03. The van der Waals surface area contributed by atoms with Gasteiger partial charge in [-0.15, -0.1) is 0 Å². The van der Waals surface area contributed by atoms with Crippen molar-refractivity contribution in [2.24, 2.45) is 0 Å². The fraction of sp³-hybridized carbons (Fsp3) is 0.500. The average Bonchev–Trinajstić information content (AvgIpc) is 2.22. The van der Waals surface area contributed by atoms with Crippen LogP contribution in [0.5, 0.6) is 0 Å². The Balaban J connectivity index is 3.39. The number of hydrogen-bond donors (Lipinski definition) is 1. The minimum absolute atomic E-state index is 0.292. The highest BCUT2D eigenvalue weighted by Gasteiger charge is 2.39. The Morgan fingerprint density at radius 2 is 1.83 bits per heavy atom. The molecule has 1 unspecified atom stereocenters. The molecule has 0 heterocycles. The lowest BCUT2D eigenvalue weighted by Crippen LogP contribution is -2.44. The Bertz CT molecular complexity index is 541. The van der Waals surface area contributed by atoms with Gasteiger partial charge in [-0.05, 0) is 44.7 Å². The zero-order chi connectivity index (χ0) is 14.1. The molecule has 0 aliphatic heterocycles.